The van der Waals surface area contributed by atoms with E-state index in [0.717, 1.165) is 18.8 Å². The molecule has 1 nitrogen and oxygen atoms in total. The van der Waals surface area contributed by atoms with Crippen molar-refractivity contribution in [3.8, 4) is 6.07 Å². The van der Waals surface area contributed by atoms with E-state index >= 15 is 0 Å². The second-order valence-corrected chi connectivity index (χ2v) is 3.79. The third-order valence-corrected chi connectivity index (χ3v) is 3.28. The van der Waals surface area contributed by atoms with Gasteiger partial charge in [-0.3, -0.25) is 0 Å². The van der Waals surface area contributed by atoms with Crippen molar-refractivity contribution in [2.45, 2.75) is 32.6 Å². The van der Waals surface area contributed by atoms with Gasteiger partial charge in [0.25, 0.3) is 0 Å². The molecule has 0 spiro atoms. The van der Waals surface area contributed by atoms with E-state index in [1.165, 1.54) is 18.4 Å². The fraction of sp³-hybridized carbons (Fsp3) is 0.700. The first-order valence-corrected chi connectivity index (χ1v) is 4.41. The van der Waals surface area contributed by atoms with Crippen LogP contribution in [0.5, 0.6) is 0 Å². The molecule has 2 aliphatic carbocycles. The highest BCUT2D eigenvalue weighted by molar-refractivity contribution is 5.32. The highest BCUT2D eigenvalue weighted by atomic mass is 14.5. The van der Waals surface area contributed by atoms with Gasteiger partial charge in [-0.25, -0.2) is 0 Å². The predicted octanol–water partition coefficient (Wildman–Crippen LogP) is 2.65. The monoisotopic (exact) mass is 147 g/mol. The van der Waals surface area contributed by atoms with E-state index in [1.54, 1.807) is 0 Å². The molecule has 0 aliphatic heterocycles. The van der Waals surface area contributed by atoms with Gasteiger partial charge in [-0.15, -0.1) is 0 Å². The fourth-order valence-corrected chi connectivity index (χ4v) is 2.52. The van der Waals surface area contributed by atoms with Crippen molar-refractivity contribution in [3.63, 3.8) is 0 Å². The number of fused-ring (bicyclic) bond motifs is 2. The van der Waals surface area contributed by atoms with Crippen molar-refractivity contribution in [2.75, 3.05) is 0 Å². The lowest BCUT2D eigenvalue weighted by Gasteiger charge is -2.23. The van der Waals surface area contributed by atoms with Gasteiger partial charge in [0.1, 0.15) is 0 Å². The van der Waals surface area contributed by atoms with Crippen molar-refractivity contribution in [3.05, 3.63) is 11.6 Å². The molecule has 0 aromatic rings. The number of nitrogens with zero attached hydrogens (tertiary/aromatic N) is 1. The smallest absolute Gasteiger partial charge is 0.0783 e. The number of hydrogen-bond donors (Lipinski definition) is 0. The van der Waals surface area contributed by atoms with Crippen molar-refractivity contribution in [1.29, 1.82) is 5.26 Å². The van der Waals surface area contributed by atoms with E-state index in [2.05, 4.69) is 19.1 Å². The normalized spacial score (nSPS) is 40.4. The lowest BCUT2D eigenvalue weighted by molar-refractivity contribution is 0.398. The first-order valence-electron chi connectivity index (χ1n) is 4.41. The molecular weight excluding hydrogens is 134 g/mol. The van der Waals surface area contributed by atoms with E-state index in [0.29, 0.717) is 0 Å². The quantitative estimate of drug-likeness (QED) is 0.523. The minimum Gasteiger partial charge on any atom is -0.197 e. The van der Waals surface area contributed by atoms with Crippen LogP contribution in [-0.4, -0.2) is 0 Å². The Morgan fingerprint density at radius 1 is 1.82 bits per heavy atom. The van der Waals surface area contributed by atoms with Crippen LogP contribution in [0.25, 0.3) is 0 Å². The minimum atomic E-state index is -0.0388. The molecule has 1 fully saturated rings. The Hall–Kier alpha value is -0.770. The van der Waals surface area contributed by atoms with Crippen LogP contribution in [0, 0.1) is 22.7 Å². The summed E-state index contributed by atoms with van der Waals surface area (Å²) in [4.78, 5) is 0. The molecule has 1 heteroatoms. The molecule has 0 amide bonds. The van der Waals surface area contributed by atoms with Crippen molar-refractivity contribution >= 4 is 0 Å². The molecule has 0 saturated heterocycles. The highest BCUT2D eigenvalue weighted by Gasteiger charge is 2.44. The SMILES string of the molecule is CCC1(C#N)CC2CC=C1C2. The zero-order valence-corrected chi connectivity index (χ0v) is 6.93. The number of hydrogen-bond acceptors (Lipinski definition) is 1. The molecule has 1 saturated carbocycles. The first kappa shape index (κ1) is 6.91. The van der Waals surface area contributed by atoms with Gasteiger partial charge < -0.3 is 0 Å². The summed E-state index contributed by atoms with van der Waals surface area (Å²) < 4.78 is 0. The van der Waals surface area contributed by atoms with Gasteiger partial charge in [-0.05, 0) is 31.6 Å². The Morgan fingerprint density at radius 3 is 2.91 bits per heavy atom. The molecule has 58 valence electrons. The molecule has 0 radical (unpaired) electrons. The van der Waals surface area contributed by atoms with Crippen molar-refractivity contribution < 1.29 is 0 Å². The molecule has 0 aromatic heterocycles. The zero-order valence-electron chi connectivity index (χ0n) is 6.93. The Labute approximate surface area is 67.7 Å². The maximum atomic E-state index is 9.05. The van der Waals surface area contributed by atoms with Crippen LogP contribution < -0.4 is 0 Å². The van der Waals surface area contributed by atoms with Gasteiger partial charge in [-0.1, -0.05) is 18.6 Å². The minimum absolute atomic E-state index is 0.0388. The summed E-state index contributed by atoms with van der Waals surface area (Å²) >= 11 is 0. The summed E-state index contributed by atoms with van der Waals surface area (Å²) in [6, 6.07) is 2.49. The molecule has 2 atom stereocenters. The summed E-state index contributed by atoms with van der Waals surface area (Å²) in [5, 5.41) is 9.05. The second kappa shape index (κ2) is 2.11. The molecular formula is C10H13N. The van der Waals surface area contributed by atoms with Gasteiger partial charge in [0.2, 0.25) is 0 Å². The predicted molar refractivity (Wildman–Crippen MR) is 43.8 cm³/mol. The molecule has 2 unspecified atom stereocenters. The lowest BCUT2D eigenvalue weighted by atomic mass is 9.78. The van der Waals surface area contributed by atoms with Crippen LogP contribution in [0.1, 0.15) is 32.6 Å². The standard InChI is InChI=1S/C10H13N/c1-2-10(7-11)6-8-3-4-9(10)5-8/h4,8H,2-3,5-6H2,1H3. The molecule has 0 N–H and O–H groups in total. The van der Waals surface area contributed by atoms with Crippen LogP contribution in [0.3, 0.4) is 0 Å². The zero-order chi connectivity index (χ0) is 7.90. The largest absolute Gasteiger partial charge is 0.197 e. The van der Waals surface area contributed by atoms with Crippen molar-refractivity contribution in [1.82, 2.24) is 0 Å². The number of allylic oxidation sites excluding steroid dienone is 2. The van der Waals surface area contributed by atoms with Gasteiger partial charge in [-0.2, -0.15) is 5.26 Å². The summed E-state index contributed by atoms with van der Waals surface area (Å²) in [6.07, 6.45) is 6.87. The summed E-state index contributed by atoms with van der Waals surface area (Å²) in [6.45, 7) is 2.13. The van der Waals surface area contributed by atoms with E-state index in [1.807, 2.05) is 0 Å². The van der Waals surface area contributed by atoms with Gasteiger partial charge in [0.05, 0.1) is 11.5 Å². The van der Waals surface area contributed by atoms with Gasteiger partial charge in [0, 0.05) is 0 Å². The van der Waals surface area contributed by atoms with E-state index in [4.69, 9.17) is 5.26 Å². The van der Waals surface area contributed by atoms with Crippen LogP contribution in [0.15, 0.2) is 11.6 Å². The Morgan fingerprint density at radius 2 is 2.64 bits per heavy atom. The average Bonchev–Trinajstić information content (AvgIpc) is 2.62. The molecule has 2 rings (SSSR count). The van der Waals surface area contributed by atoms with Crippen LogP contribution >= 0.6 is 0 Å². The number of nitriles is 1. The molecule has 0 aromatic carbocycles. The summed E-state index contributed by atoms with van der Waals surface area (Å²) in [5.74, 6) is 0.810. The molecule has 2 aliphatic rings. The third kappa shape index (κ3) is 0.758. The van der Waals surface area contributed by atoms with Crippen LogP contribution in [-0.2, 0) is 0 Å². The molecule has 11 heavy (non-hydrogen) atoms. The second-order valence-electron chi connectivity index (χ2n) is 3.79. The average molecular weight is 147 g/mol. The van der Waals surface area contributed by atoms with E-state index in [-0.39, 0.29) is 5.41 Å². The third-order valence-electron chi connectivity index (χ3n) is 3.28. The maximum absolute atomic E-state index is 9.05. The number of rotatable bonds is 1. The summed E-state index contributed by atoms with van der Waals surface area (Å²) in [7, 11) is 0. The summed E-state index contributed by atoms with van der Waals surface area (Å²) in [5.41, 5.74) is 1.40. The van der Waals surface area contributed by atoms with Crippen molar-refractivity contribution in [2.24, 2.45) is 11.3 Å². The Bertz CT molecular complexity index is 246. The fourth-order valence-electron chi connectivity index (χ4n) is 2.52. The highest BCUT2D eigenvalue weighted by Crippen LogP contribution is 2.53. The van der Waals surface area contributed by atoms with Gasteiger partial charge in [0.15, 0.2) is 0 Å². The molecule has 0 heterocycles. The van der Waals surface area contributed by atoms with Crippen LogP contribution in [0.2, 0.25) is 0 Å². The van der Waals surface area contributed by atoms with E-state index in [9.17, 15) is 0 Å². The first-order chi connectivity index (χ1) is 5.30. The molecule has 2 bridgehead atoms. The van der Waals surface area contributed by atoms with Gasteiger partial charge >= 0.3 is 0 Å². The van der Waals surface area contributed by atoms with E-state index < -0.39 is 0 Å². The lowest BCUT2D eigenvalue weighted by Crippen LogP contribution is -2.17. The maximum Gasteiger partial charge on any atom is 0.0783 e. The Balaban J connectivity index is 2.35. The Kier molecular flexibility index (Phi) is 1.32. The van der Waals surface area contributed by atoms with Crippen LogP contribution in [0.4, 0.5) is 0 Å². The topological polar surface area (TPSA) is 23.8 Å².